The Hall–Kier alpha value is -2.81. The number of hydrogen-bond acceptors (Lipinski definition) is 6. The van der Waals surface area contributed by atoms with E-state index in [1.165, 1.54) is 0 Å². The highest BCUT2D eigenvalue weighted by Gasteiger charge is 2.19. The molecule has 1 aromatic heterocycles. The van der Waals surface area contributed by atoms with Gasteiger partial charge in [0, 0.05) is 18.7 Å². The summed E-state index contributed by atoms with van der Waals surface area (Å²) in [7, 11) is 0. The third-order valence-corrected chi connectivity index (χ3v) is 5.13. The van der Waals surface area contributed by atoms with Gasteiger partial charge in [0.1, 0.15) is 5.69 Å². The van der Waals surface area contributed by atoms with E-state index >= 15 is 0 Å². The molecule has 0 atom stereocenters. The molecule has 0 unspecified atom stereocenters. The summed E-state index contributed by atoms with van der Waals surface area (Å²) in [6.45, 7) is 3.46. The number of amides is 2. The zero-order valence-corrected chi connectivity index (χ0v) is 15.8. The number of carbonyl (C=O) groups excluding carboxylic acids is 2. The van der Waals surface area contributed by atoms with Gasteiger partial charge in [0.05, 0.1) is 5.75 Å². The number of carbonyl (C=O) groups is 2. The summed E-state index contributed by atoms with van der Waals surface area (Å²) in [6, 6.07) is 6.93. The molecule has 1 saturated heterocycles. The van der Waals surface area contributed by atoms with Crippen LogP contribution >= 0.6 is 11.8 Å². The number of nitrogens with one attached hydrogen (secondary N) is 2. The van der Waals surface area contributed by atoms with Gasteiger partial charge >= 0.3 is 0 Å². The molecule has 0 aliphatic carbocycles. The molecule has 8 nitrogen and oxygen atoms in total. The number of nitrogens with zero attached hydrogens (tertiary/aromatic N) is 2. The van der Waals surface area contributed by atoms with Crippen LogP contribution in [0.3, 0.4) is 0 Å². The molecule has 3 rings (SSSR count). The average Bonchev–Trinajstić information content (AvgIpc) is 3.18. The number of aryl methyl sites for hydroxylation is 1. The van der Waals surface area contributed by atoms with E-state index in [9.17, 15) is 14.4 Å². The van der Waals surface area contributed by atoms with Gasteiger partial charge in [-0.2, -0.15) is 0 Å². The van der Waals surface area contributed by atoms with Crippen LogP contribution in [0.4, 0.5) is 11.5 Å². The quantitative estimate of drug-likeness (QED) is 0.530. The molecular formula is C18H21N5O3S. The van der Waals surface area contributed by atoms with E-state index in [4.69, 9.17) is 5.73 Å². The Balaban J connectivity index is 1.67. The van der Waals surface area contributed by atoms with Crippen LogP contribution in [0.5, 0.6) is 0 Å². The van der Waals surface area contributed by atoms with Crippen LogP contribution in [0.25, 0.3) is 0 Å². The van der Waals surface area contributed by atoms with Crippen LogP contribution in [-0.2, 0) is 4.79 Å². The van der Waals surface area contributed by atoms with Crippen molar-refractivity contribution < 1.29 is 9.59 Å². The zero-order chi connectivity index (χ0) is 19.4. The minimum atomic E-state index is -0.556. The largest absolute Gasteiger partial charge is 0.382 e. The number of anilines is 2. The maximum atomic E-state index is 12.3. The zero-order valence-electron chi connectivity index (χ0n) is 14.9. The third kappa shape index (κ3) is 4.68. The minimum absolute atomic E-state index is 0.00970. The summed E-state index contributed by atoms with van der Waals surface area (Å²) in [5, 5.41) is 2.74. The summed E-state index contributed by atoms with van der Waals surface area (Å²) in [4.78, 5) is 45.1. The lowest BCUT2D eigenvalue weighted by atomic mass is 10.1. The lowest BCUT2D eigenvalue weighted by molar-refractivity contribution is -0.127. The highest BCUT2D eigenvalue weighted by Crippen LogP contribution is 2.19. The molecule has 0 bridgehead atoms. The second-order valence-corrected chi connectivity index (χ2v) is 7.29. The standard InChI is InChI=1S/C18H21N5O3S/c1-11-4-6-12(7-5-11)16(25)20-14-15(19)21-18(22-17(14)26)27-10-13(24)23-8-2-3-9-23/h4-7H,2-3,8-10H2,1H3,(H,20,25)(H3,19,21,22,26). The van der Waals surface area contributed by atoms with Crippen molar-refractivity contribution >= 4 is 35.1 Å². The topological polar surface area (TPSA) is 121 Å². The predicted molar refractivity (Wildman–Crippen MR) is 105 cm³/mol. The number of rotatable bonds is 5. The van der Waals surface area contributed by atoms with Crippen LogP contribution in [0.1, 0.15) is 28.8 Å². The Morgan fingerprint density at radius 1 is 1.26 bits per heavy atom. The SMILES string of the molecule is Cc1ccc(C(=O)Nc2c(N)nc(SCC(=O)N3CCCC3)[nH]c2=O)cc1. The van der Waals surface area contributed by atoms with Gasteiger partial charge in [0.25, 0.3) is 11.5 Å². The number of nitrogens with two attached hydrogens (primary N) is 1. The molecule has 1 aliphatic heterocycles. The van der Waals surface area contributed by atoms with Crippen LogP contribution in [0, 0.1) is 6.92 Å². The lowest BCUT2D eigenvalue weighted by Gasteiger charge is -2.14. The predicted octanol–water partition coefficient (Wildman–Crippen LogP) is 1.63. The molecule has 1 fully saturated rings. The number of aromatic amines is 1. The number of H-pyrrole nitrogens is 1. The van der Waals surface area contributed by atoms with E-state index in [2.05, 4.69) is 15.3 Å². The average molecular weight is 387 g/mol. The van der Waals surface area contributed by atoms with Crippen molar-refractivity contribution in [3.8, 4) is 0 Å². The molecule has 9 heteroatoms. The van der Waals surface area contributed by atoms with Crippen molar-refractivity contribution in [3.63, 3.8) is 0 Å². The Labute approximate surface area is 160 Å². The Morgan fingerprint density at radius 3 is 2.56 bits per heavy atom. The third-order valence-electron chi connectivity index (χ3n) is 4.27. The highest BCUT2D eigenvalue weighted by molar-refractivity contribution is 7.99. The van der Waals surface area contributed by atoms with Crippen molar-refractivity contribution in [1.82, 2.24) is 14.9 Å². The Bertz CT molecular complexity index is 904. The first-order chi connectivity index (χ1) is 12.9. The van der Waals surface area contributed by atoms with Gasteiger partial charge in [-0.3, -0.25) is 19.4 Å². The summed E-state index contributed by atoms with van der Waals surface area (Å²) in [5.41, 5.74) is 6.62. The van der Waals surface area contributed by atoms with Crippen molar-refractivity contribution in [2.75, 3.05) is 29.9 Å². The number of benzene rings is 1. The van der Waals surface area contributed by atoms with Crippen molar-refractivity contribution in [2.45, 2.75) is 24.9 Å². The highest BCUT2D eigenvalue weighted by atomic mass is 32.2. The molecule has 2 aromatic rings. The van der Waals surface area contributed by atoms with Crippen LogP contribution in [0.2, 0.25) is 0 Å². The Kier molecular flexibility index (Phi) is 5.80. The van der Waals surface area contributed by atoms with Gasteiger partial charge in [0.15, 0.2) is 11.0 Å². The summed E-state index contributed by atoms with van der Waals surface area (Å²) in [5.74, 6) is -0.346. The van der Waals surface area contributed by atoms with Crippen molar-refractivity contribution in [2.24, 2.45) is 0 Å². The maximum absolute atomic E-state index is 12.3. The molecule has 27 heavy (non-hydrogen) atoms. The van der Waals surface area contributed by atoms with Crippen LogP contribution in [-0.4, -0.2) is 45.5 Å². The van der Waals surface area contributed by atoms with Gasteiger partial charge in [-0.25, -0.2) is 4.98 Å². The molecule has 0 saturated carbocycles. The first kappa shape index (κ1) is 19.0. The molecule has 142 valence electrons. The van der Waals surface area contributed by atoms with E-state index in [-0.39, 0.29) is 28.3 Å². The van der Waals surface area contributed by atoms with Crippen LogP contribution < -0.4 is 16.6 Å². The second-order valence-electron chi connectivity index (χ2n) is 6.33. The number of likely N-dealkylation sites (tertiary alicyclic amines) is 1. The fraction of sp³-hybridized carbons (Fsp3) is 0.333. The molecule has 1 aromatic carbocycles. The number of nitrogen functional groups attached to an aromatic ring is 1. The first-order valence-corrected chi connectivity index (χ1v) is 9.61. The van der Waals surface area contributed by atoms with Gasteiger partial charge in [-0.05, 0) is 31.9 Å². The number of thioether (sulfide) groups is 1. The molecule has 0 radical (unpaired) electrons. The molecule has 0 spiro atoms. The molecule has 2 heterocycles. The fourth-order valence-corrected chi connectivity index (χ4v) is 3.51. The van der Waals surface area contributed by atoms with E-state index in [1.807, 2.05) is 6.92 Å². The van der Waals surface area contributed by atoms with Gasteiger partial charge in [0.2, 0.25) is 5.91 Å². The minimum Gasteiger partial charge on any atom is -0.382 e. The van der Waals surface area contributed by atoms with E-state index in [0.29, 0.717) is 5.56 Å². The van der Waals surface area contributed by atoms with E-state index in [1.54, 1.807) is 29.2 Å². The number of hydrogen-bond donors (Lipinski definition) is 3. The smallest absolute Gasteiger partial charge is 0.277 e. The second kappa shape index (κ2) is 8.26. The molecular weight excluding hydrogens is 366 g/mol. The van der Waals surface area contributed by atoms with Crippen LogP contribution in [0.15, 0.2) is 34.2 Å². The Morgan fingerprint density at radius 2 is 1.93 bits per heavy atom. The molecule has 4 N–H and O–H groups in total. The molecule has 1 aliphatic rings. The van der Waals surface area contributed by atoms with Crippen molar-refractivity contribution in [1.29, 1.82) is 0 Å². The number of aromatic nitrogens is 2. The lowest BCUT2D eigenvalue weighted by Crippen LogP contribution is -2.29. The first-order valence-electron chi connectivity index (χ1n) is 8.62. The van der Waals surface area contributed by atoms with Crippen molar-refractivity contribution in [3.05, 3.63) is 45.7 Å². The monoisotopic (exact) mass is 387 g/mol. The maximum Gasteiger partial charge on any atom is 0.277 e. The van der Waals surface area contributed by atoms with Gasteiger partial charge in [-0.15, -0.1) is 0 Å². The summed E-state index contributed by atoms with van der Waals surface area (Å²) >= 11 is 1.12. The molecule has 2 amide bonds. The van der Waals surface area contributed by atoms with E-state index in [0.717, 1.165) is 43.3 Å². The van der Waals surface area contributed by atoms with E-state index < -0.39 is 11.5 Å². The normalized spacial score (nSPS) is 13.6. The summed E-state index contributed by atoms with van der Waals surface area (Å²) < 4.78 is 0. The fourth-order valence-electron chi connectivity index (χ4n) is 2.74. The van der Waals surface area contributed by atoms with Gasteiger partial charge < -0.3 is 16.0 Å². The summed E-state index contributed by atoms with van der Waals surface area (Å²) in [6.07, 6.45) is 2.04. The van der Waals surface area contributed by atoms with Gasteiger partial charge in [-0.1, -0.05) is 29.5 Å².